The van der Waals surface area contributed by atoms with Gasteiger partial charge in [0.25, 0.3) is 5.91 Å². The molecule has 1 aromatic carbocycles. The van der Waals surface area contributed by atoms with Crippen LogP contribution in [0.1, 0.15) is 43.1 Å². The van der Waals surface area contributed by atoms with Gasteiger partial charge in [0, 0.05) is 37.2 Å². The summed E-state index contributed by atoms with van der Waals surface area (Å²) >= 11 is 0. The summed E-state index contributed by atoms with van der Waals surface area (Å²) in [6.45, 7) is 7.57. The number of carbonyl (C=O) groups excluding carboxylic acids is 1. The molecule has 1 amide bonds. The molecule has 21 heavy (non-hydrogen) atoms. The Morgan fingerprint density at radius 2 is 2.00 bits per heavy atom. The van der Waals surface area contributed by atoms with Crippen LogP contribution in [0, 0.1) is 5.41 Å². The van der Waals surface area contributed by atoms with Crippen molar-refractivity contribution < 1.29 is 9.53 Å². The van der Waals surface area contributed by atoms with Crippen LogP contribution in [-0.2, 0) is 11.3 Å². The largest absolute Gasteiger partial charge is 0.378 e. The fourth-order valence-electron chi connectivity index (χ4n) is 3.13. The lowest BCUT2D eigenvalue weighted by Gasteiger charge is -2.54. The lowest BCUT2D eigenvalue weighted by Crippen LogP contribution is -2.62. The zero-order chi connectivity index (χ0) is 15.6. The first-order valence-corrected chi connectivity index (χ1v) is 7.59. The topological polar surface area (TPSA) is 55.6 Å². The molecule has 0 unspecified atom stereocenters. The normalized spacial score (nSPS) is 23.5. The van der Waals surface area contributed by atoms with E-state index in [1.54, 1.807) is 0 Å². The molecule has 0 aliphatic heterocycles. The third-order valence-corrected chi connectivity index (χ3v) is 4.72. The van der Waals surface area contributed by atoms with E-state index < -0.39 is 0 Å². The minimum absolute atomic E-state index is 0.00236. The maximum Gasteiger partial charge on any atom is 0.253 e. The number of hydrogen-bond donors (Lipinski definition) is 1. The van der Waals surface area contributed by atoms with Crippen LogP contribution in [0.2, 0.25) is 0 Å². The van der Waals surface area contributed by atoms with Crippen molar-refractivity contribution in [2.45, 2.75) is 45.9 Å². The average molecular weight is 290 g/mol. The van der Waals surface area contributed by atoms with E-state index in [2.05, 4.69) is 13.8 Å². The zero-order valence-electron chi connectivity index (χ0n) is 13.4. The predicted octanol–water partition coefficient (Wildman–Crippen LogP) is 2.42. The fraction of sp³-hybridized carbons (Fsp3) is 0.588. The van der Waals surface area contributed by atoms with E-state index >= 15 is 0 Å². The number of nitrogens with zero attached hydrogens (tertiary/aromatic N) is 1. The Balaban J connectivity index is 2.06. The van der Waals surface area contributed by atoms with Crippen LogP contribution >= 0.6 is 0 Å². The summed E-state index contributed by atoms with van der Waals surface area (Å²) in [7, 11) is 1.88. The number of benzene rings is 1. The summed E-state index contributed by atoms with van der Waals surface area (Å²) in [5, 5.41) is 0. The molecule has 2 atom stereocenters. The Kier molecular flexibility index (Phi) is 4.69. The van der Waals surface area contributed by atoms with Crippen LogP contribution in [-0.4, -0.2) is 36.6 Å². The maximum atomic E-state index is 12.6. The summed E-state index contributed by atoms with van der Waals surface area (Å²) in [6.07, 6.45) is 1.15. The van der Waals surface area contributed by atoms with Crippen molar-refractivity contribution in [3.63, 3.8) is 0 Å². The third kappa shape index (κ3) is 2.97. The fourth-order valence-corrected chi connectivity index (χ4v) is 3.13. The van der Waals surface area contributed by atoms with Gasteiger partial charge in [0.15, 0.2) is 0 Å². The van der Waals surface area contributed by atoms with Crippen LogP contribution in [0.5, 0.6) is 0 Å². The average Bonchev–Trinajstić information content (AvgIpc) is 2.49. The molecule has 116 valence electrons. The van der Waals surface area contributed by atoms with Crippen LogP contribution in [0.15, 0.2) is 24.3 Å². The van der Waals surface area contributed by atoms with Gasteiger partial charge in [0.05, 0.1) is 6.10 Å². The van der Waals surface area contributed by atoms with Crippen LogP contribution in [0.25, 0.3) is 0 Å². The minimum Gasteiger partial charge on any atom is -0.378 e. The quantitative estimate of drug-likeness (QED) is 0.906. The Labute approximate surface area is 127 Å². The molecular formula is C17H26N2O2. The highest BCUT2D eigenvalue weighted by atomic mass is 16.5. The van der Waals surface area contributed by atoms with Gasteiger partial charge in [0.2, 0.25) is 0 Å². The van der Waals surface area contributed by atoms with Crippen LogP contribution in [0.4, 0.5) is 0 Å². The lowest BCUT2D eigenvalue weighted by atomic mass is 9.63. The zero-order valence-corrected chi connectivity index (χ0v) is 13.4. The van der Waals surface area contributed by atoms with Crippen LogP contribution in [0.3, 0.4) is 0 Å². The molecular weight excluding hydrogens is 264 g/mol. The number of carbonyl (C=O) groups is 1. The van der Waals surface area contributed by atoms with E-state index in [0.29, 0.717) is 12.1 Å². The second kappa shape index (κ2) is 6.16. The molecule has 4 nitrogen and oxygen atoms in total. The molecule has 0 saturated heterocycles. The monoisotopic (exact) mass is 290 g/mol. The van der Waals surface area contributed by atoms with E-state index in [-0.39, 0.29) is 23.5 Å². The molecule has 1 aliphatic rings. The van der Waals surface area contributed by atoms with Gasteiger partial charge in [-0.25, -0.2) is 0 Å². The number of ether oxygens (including phenoxy) is 1. The Bertz CT molecular complexity index is 496. The van der Waals surface area contributed by atoms with E-state index in [9.17, 15) is 4.79 Å². The summed E-state index contributed by atoms with van der Waals surface area (Å²) in [5.74, 6) is 0.0617. The molecule has 1 aromatic rings. The highest BCUT2D eigenvalue weighted by molar-refractivity contribution is 5.94. The van der Waals surface area contributed by atoms with Crippen molar-refractivity contribution in [1.29, 1.82) is 0 Å². The molecule has 2 rings (SSSR count). The highest BCUT2D eigenvalue weighted by Gasteiger charge is 2.51. The predicted molar refractivity (Wildman–Crippen MR) is 84.0 cm³/mol. The van der Waals surface area contributed by atoms with Crippen molar-refractivity contribution in [2.24, 2.45) is 11.1 Å². The second-order valence-corrected chi connectivity index (χ2v) is 6.33. The van der Waals surface area contributed by atoms with Gasteiger partial charge < -0.3 is 15.4 Å². The van der Waals surface area contributed by atoms with Gasteiger partial charge in [-0.15, -0.1) is 0 Å². The summed E-state index contributed by atoms with van der Waals surface area (Å²) in [6, 6.07) is 7.75. The van der Waals surface area contributed by atoms with Gasteiger partial charge in [-0.2, -0.15) is 0 Å². The van der Waals surface area contributed by atoms with Gasteiger partial charge >= 0.3 is 0 Å². The molecule has 0 spiro atoms. The molecule has 1 fully saturated rings. The Morgan fingerprint density at radius 1 is 1.38 bits per heavy atom. The molecule has 1 aliphatic carbocycles. The van der Waals surface area contributed by atoms with Gasteiger partial charge in [-0.05, 0) is 31.0 Å². The first kappa shape index (κ1) is 16.0. The second-order valence-electron chi connectivity index (χ2n) is 6.33. The van der Waals surface area contributed by atoms with E-state index in [0.717, 1.165) is 18.6 Å². The maximum absolute atomic E-state index is 12.6. The van der Waals surface area contributed by atoms with Gasteiger partial charge in [-0.3, -0.25) is 4.79 Å². The molecule has 0 heterocycles. The van der Waals surface area contributed by atoms with Crippen molar-refractivity contribution in [3.05, 3.63) is 35.4 Å². The smallest absolute Gasteiger partial charge is 0.253 e. The SMILES string of the molecule is CCO[C@@H]1C[C@@H](N(C)C(=O)c2ccc(CN)cc2)C1(C)C. The standard InChI is InChI=1S/C17H26N2O2/c1-5-21-15-10-14(17(15,2)3)19(4)16(20)13-8-6-12(11-18)7-9-13/h6-9,14-15H,5,10-11,18H2,1-4H3/t14-,15-/m1/s1. The lowest BCUT2D eigenvalue weighted by molar-refractivity contribution is -0.136. The van der Waals surface area contributed by atoms with E-state index in [4.69, 9.17) is 10.5 Å². The van der Waals surface area contributed by atoms with Gasteiger partial charge in [-0.1, -0.05) is 26.0 Å². The highest BCUT2D eigenvalue weighted by Crippen LogP contribution is 2.45. The first-order chi connectivity index (χ1) is 9.91. The number of hydrogen-bond acceptors (Lipinski definition) is 3. The van der Waals surface area contributed by atoms with E-state index in [1.807, 2.05) is 43.1 Å². The number of amides is 1. The number of nitrogens with two attached hydrogens (primary N) is 1. The molecule has 4 heteroatoms. The Hall–Kier alpha value is -1.39. The summed E-state index contributed by atoms with van der Waals surface area (Å²) < 4.78 is 5.74. The number of rotatable bonds is 5. The molecule has 0 radical (unpaired) electrons. The first-order valence-electron chi connectivity index (χ1n) is 7.59. The van der Waals surface area contributed by atoms with Crippen molar-refractivity contribution in [1.82, 2.24) is 4.90 Å². The summed E-state index contributed by atoms with van der Waals surface area (Å²) in [4.78, 5) is 14.4. The van der Waals surface area contributed by atoms with Crippen LogP contribution < -0.4 is 5.73 Å². The minimum atomic E-state index is -0.00236. The molecule has 0 aromatic heterocycles. The summed E-state index contributed by atoms with van der Waals surface area (Å²) in [5.41, 5.74) is 7.33. The van der Waals surface area contributed by atoms with Crippen molar-refractivity contribution >= 4 is 5.91 Å². The van der Waals surface area contributed by atoms with Crippen molar-refractivity contribution in [3.8, 4) is 0 Å². The Morgan fingerprint density at radius 3 is 2.48 bits per heavy atom. The van der Waals surface area contributed by atoms with E-state index in [1.165, 1.54) is 0 Å². The third-order valence-electron chi connectivity index (χ3n) is 4.72. The molecule has 0 bridgehead atoms. The van der Waals surface area contributed by atoms with Gasteiger partial charge in [0.1, 0.15) is 0 Å². The molecule has 2 N–H and O–H groups in total. The molecule has 1 saturated carbocycles. The van der Waals surface area contributed by atoms with Crippen molar-refractivity contribution in [2.75, 3.05) is 13.7 Å².